The zero-order valence-electron chi connectivity index (χ0n) is 18.9. The van der Waals surface area contributed by atoms with E-state index < -0.39 is 34.7 Å². The minimum Gasteiger partial charge on any atom is -0.501 e. The van der Waals surface area contributed by atoms with Gasteiger partial charge in [-0.2, -0.15) is 10.4 Å². The number of benzene rings is 1. The number of halogens is 1. The Bertz CT molecular complexity index is 1500. The number of aromatic hydroxyl groups is 1. The van der Waals surface area contributed by atoms with Gasteiger partial charge in [0.2, 0.25) is 5.75 Å². The van der Waals surface area contributed by atoms with Crippen LogP contribution in [0.2, 0.25) is 5.02 Å². The van der Waals surface area contributed by atoms with E-state index in [4.69, 9.17) is 16.1 Å². The third kappa shape index (κ3) is 4.27. The van der Waals surface area contributed by atoms with Crippen molar-refractivity contribution in [2.45, 2.75) is 18.8 Å². The fraction of sp³-hybridized carbons (Fsp3) is 0.217. The number of nitriles is 1. The van der Waals surface area contributed by atoms with Gasteiger partial charge < -0.3 is 14.9 Å². The van der Waals surface area contributed by atoms with Gasteiger partial charge in [-0.15, -0.1) is 0 Å². The molecular formula is C23H20ClN7O4. The molecule has 0 aliphatic rings. The van der Waals surface area contributed by atoms with E-state index in [9.17, 15) is 20.0 Å². The van der Waals surface area contributed by atoms with Gasteiger partial charge >= 0.3 is 0 Å². The van der Waals surface area contributed by atoms with Gasteiger partial charge in [0.25, 0.3) is 11.5 Å². The Labute approximate surface area is 204 Å². The highest BCUT2D eigenvalue weighted by molar-refractivity contribution is 6.31. The summed E-state index contributed by atoms with van der Waals surface area (Å²) >= 11 is 6.54. The Morgan fingerprint density at radius 3 is 2.66 bits per heavy atom. The lowest BCUT2D eigenvalue weighted by Crippen LogP contribution is -2.29. The van der Waals surface area contributed by atoms with E-state index in [1.54, 1.807) is 32.3 Å². The molecule has 11 nitrogen and oxygen atoms in total. The molecule has 4 aromatic rings. The van der Waals surface area contributed by atoms with Gasteiger partial charge in [0.1, 0.15) is 29.5 Å². The van der Waals surface area contributed by atoms with Crippen molar-refractivity contribution in [1.29, 1.82) is 5.26 Å². The number of carbonyl (C=O) groups excluding carboxylic acids is 1. The molecule has 0 saturated heterocycles. The Morgan fingerprint density at radius 1 is 1.26 bits per heavy atom. The summed E-state index contributed by atoms with van der Waals surface area (Å²) in [7, 11) is 3.10. The molecule has 1 aromatic carbocycles. The summed E-state index contributed by atoms with van der Waals surface area (Å²) in [5.41, 5.74) is 0.547. The number of hydrogen-bond acceptors (Lipinski definition) is 8. The van der Waals surface area contributed by atoms with Crippen molar-refractivity contribution in [3.63, 3.8) is 0 Å². The summed E-state index contributed by atoms with van der Waals surface area (Å²) < 4.78 is 7.31. The lowest BCUT2D eigenvalue weighted by molar-refractivity contribution is 0.101. The highest BCUT2D eigenvalue weighted by atomic mass is 35.5. The van der Waals surface area contributed by atoms with Crippen LogP contribution in [-0.4, -0.2) is 35.5 Å². The molecular weight excluding hydrogens is 474 g/mol. The van der Waals surface area contributed by atoms with Crippen molar-refractivity contribution < 1.29 is 14.4 Å². The second kappa shape index (κ2) is 9.44. The Kier molecular flexibility index (Phi) is 6.40. The number of rotatable bonds is 6. The van der Waals surface area contributed by atoms with Crippen LogP contribution in [0.25, 0.3) is 0 Å². The van der Waals surface area contributed by atoms with Gasteiger partial charge in [-0.3, -0.25) is 18.8 Å². The van der Waals surface area contributed by atoms with Crippen molar-refractivity contribution in [3.8, 4) is 11.8 Å². The van der Waals surface area contributed by atoms with Crippen LogP contribution in [0.1, 0.15) is 51.9 Å². The summed E-state index contributed by atoms with van der Waals surface area (Å²) in [6, 6.07) is 9.29. The molecule has 0 aliphatic carbocycles. The summed E-state index contributed by atoms with van der Waals surface area (Å²) in [4.78, 5) is 30.1. The Morgan fingerprint density at radius 2 is 2.00 bits per heavy atom. The van der Waals surface area contributed by atoms with Crippen LogP contribution >= 0.6 is 11.6 Å². The van der Waals surface area contributed by atoms with Crippen LogP contribution in [0.5, 0.6) is 5.75 Å². The molecule has 0 radical (unpaired) electrons. The van der Waals surface area contributed by atoms with E-state index in [0.717, 1.165) is 0 Å². The van der Waals surface area contributed by atoms with Gasteiger partial charge in [-0.25, -0.2) is 4.98 Å². The largest absolute Gasteiger partial charge is 0.501 e. The normalized spacial score (nSPS) is 12.7. The minimum absolute atomic E-state index is 0.195. The van der Waals surface area contributed by atoms with E-state index in [-0.39, 0.29) is 11.5 Å². The molecule has 12 heteroatoms. The molecule has 3 aromatic heterocycles. The average Bonchev–Trinajstić information content (AvgIpc) is 3.48. The smallest absolute Gasteiger partial charge is 0.296 e. The number of amides is 1. The van der Waals surface area contributed by atoms with Gasteiger partial charge in [0.15, 0.2) is 5.69 Å². The summed E-state index contributed by atoms with van der Waals surface area (Å²) in [5, 5.41) is 30.8. The van der Waals surface area contributed by atoms with E-state index in [1.165, 1.54) is 28.8 Å². The quantitative estimate of drug-likeness (QED) is 0.416. The van der Waals surface area contributed by atoms with Gasteiger partial charge in [-0.05, 0) is 11.6 Å². The summed E-state index contributed by atoms with van der Waals surface area (Å²) in [6.45, 7) is 1.79. The van der Waals surface area contributed by atoms with Gasteiger partial charge in [-0.1, -0.05) is 41.9 Å². The first-order valence-corrected chi connectivity index (χ1v) is 10.8. The predicted octanol–water partition coefficient (Wildman–Crippen LogP) is 2.92. The minimum atomic E-state index is -0.815. The van der Waals surface area contributed by atoms with E-state index in [1.807, 2.05) is 12.1 Å². The first kappa shape index (κ1) is 23.7. The third-order valence-corrected chi connectivity index (χ3v) is 6.11. The molecule has 0 spiro atoms. The first-order chi connectivity index (χ1) is 16.7. The molecule has 4 rings (SSSR count). The number of carbonyl (C=O) groups is 1. The fourth-order valence-corrected chi connectivity index (χ4v) is 4.28. The standard InChI is InChI=1S/C23H20ClN7O4/c1-12(18(14-6-4-5-7-16(14)24)15-10-26-31(3)17(15)8-25)21-29-19(20(32)23(34)30(21)2)22(33)28-13-9-27-35-11-13/h4-7,9-12,18,32H,1-3H3,(H,28,33). The lowest BCUT2D eigenvalue weighted by Gasteiger charge is -2.26. The second-order valence-corrected chi connectivity index (χ2v) is 8.28. The van der Waals surface area contributed by atoms with Crippen LogP contribution in [0.15, 0.2) is 52.2 Å². The van der Waals surface area contributed by atoms with Crippen molar-refractivity contribution >= 4 is 23.2 Å². The number of anilines is 1. The van der Waals surface area contributed by atoms with Gasteiger partial charge in [0.05, 0.1) is 12.4 Å². The number of hydrogen-bond donors (Lipinski definition) is 2. The van der Waals surface area contributed by atoms with E-state index >= 15 is 0 Å². The van der Waals surface area contributed by atoms with Crippen molar-refractivity contribution in [3.05, 3.63) is 86.6 Å². The second-order valence-electron chi connectivity index (χ2n) is 7.87. The SMILES string of the molecule is CC(c1nc(C(=O)Nc2cnoc2)c(O)c(=O)n1C)C(c1ccccc1Cl)c1cnn(C)c1C#N. The topological polar surface area (TPSA) is 152 Å². The van der Waals surface area contributed by atoms with Crippen molar-refractivity contribution in [1.82, 2.24) is 24.5 Å². The van der Waals surface area contributed by atoms with Crippen LogP contribution in [-0.2, 0) is 14.1 Å². The molecule has 2 unspecified atom stereocenters. The molecule has 1 amide bonds. The molecule has 35 heavy (non-hydrogen) atoms. The number of aryl methyl sites for hydroxylation is 1. The molecule has 0 bridgehead atoms. The lowest BCUT2D eigenvalue weighted by atomic mass is 9.81. The van der Waals surface area contributed by atoms with Crippen LogP contribution in [0, 0.1) is 11.3 Å². The molecule has 2 N–H and O–H groups in total. The summed E-state index contributed by atoms with van der Waals surface area (Å²) in [5.74, 6) is -2.55. The zero-order valence-corrected chi connectivity index (χ0v) is 19.7. The van der Waals surface area contributed by atoms with Gasteiger partial charge in [0, 0.05) is 36.5 Å². The molecule has 3 heterocycles. The maximum absolute atomic E-state index is 12.9. The third-order valence-electron chi connectivity index (χ3n) is 5.76. The van der Waals surface area contributed by atoms with E-state index in [2.05, 4.69) is 26.6 Å². The monoisotopic (exact) mass is 493 g/mol. The maximum atomic E-state index is 12.9. The number of nitrogens with zero attached hydrogens (tertiary/aromatic N) is 6. The predicted molar refractivity (Wildman–Crippen MR) is 125 cm³/mol. The highest BCUT2D eigenvalue weighted by Gasteiger charge is 2.33. The fourth-order valence-electron chi connectivity index (χ4n) is 4.03. The van der Waals surface area contributed by atoms with Crippen molar-refractivity contribution in [2.75, 3.05) is 5.32 Å². The molecule has 0 fully saturated rings. The maximum Gasteiger partial charge on any atom is 0.296 e. The van der Waals surface area contributed by atoms with Crippen LogP contribution in [0.4, 0.5) is 5.69 Å². The molecule has 178 valence electrons. The van der Waals surface area contributed by atoms with E-state index in [0.29, 0.717) is 21.8 Å². The Hall–Kier alpha value is -4.43. The Balaban J connectivity index is 1.88. The number of aromatic nitrogens is 5. The first-order valence-electron chi connectivity index (χ1n) is 10.4. The van der Waals surface area contributed by atoms with Crippen LogP contribution in [0.3, 0.4) is 0 Å². The zero-order chi connectivity index (χ0) is 25.3. The highest BCUT2D eigenvalue weighted by Crippen LogP contribution is 2.41. The summed E-state index contributed by atoms with van der Waals surface area (Å²) in [6.07, 6.45) is 4.03. The van der Waals surface area contributed by atoms with Crippen molar-refractivity contribution in [2.24, 2.45) is 14.1 Å². The molecule has 2 atom stereocenters. The average molecular weight is 494 g/mol. The molecule has 0 saturated carbocycles. The van der Waals surface area contributed by atoms with Crippen LogP contribution < -0.4 is 10.9 Å². The number of nitrogens with one attached hydrogen (secondary N) is 1. The molecule has 0 aliphatic heterocycles.